The number of amides is 1. The van der Waals surface area contributed by atoms with Crippen LogP contribution in [0.3, 0.4) is 0 Å². The maximum Gasteiger partial charge on any atom is 0.253 e. The number of benzene rings is 1. The van der Waals surface area contributed by atoms with Crippen LogP contribution in [0.25, 0.3) is 0 Å². The third kappa shape index (κ3) is 3.32. The van der Waals surface area contributed by atoms with E-state index in [0.717, 1.165) is 35.1 Å². The molecule has 1 aromatic rings. The molecule has 21 heavy (non-hydrogen) atoms. The SMILES string of the molecule is Cc1cc(C(=O)N2CCC(N3CCCCC3)C2)ccc1Br. The lowest BCUT2D eigenvalue weighted by Gasteiger charge is -2.32. The molecule has 0 spiro atoms. The van der Waals surface area contributed by atoms with E-state index in [1.54, 1.807) is 0 Å². The van der Waals surface area contributed by atoms with Gasteiger partial charge in [0.05, 0.1) is 0 Å². The largest absolute Gasteiger partial charge is 0.337 e. The molecule has 1 amide bonds. The minimum atomic E-state index is 0.185. The molecule has 2 aliphatic rings. The Morgan fingerprint density at radius 3 is 2.67 bits per heavy atom. The molecule has 0 aliphatic carbocycles. The Balaban J connectivity index is 1.64. The molecule has 114 valence electrons. The van der Waals surface area contributed by atoms with Gasteiger partial charge in [-0.2, -0.15) is 0 Å². The van der Waals surface area contributed by atoms with E-state index in [2.05, 4.69) is 20.8 Å². The molecule has 0 aromatic heterocycles. The van der Waals surface area contributed by atoms with Crippen LogP contribution in [0, 0.1) is 6.92 Å². The lowest BCUT2D eigenvalue weighted by molar-refractivity contribution is 0.0771. The molecular formula is C17H23BrN2O. The first-order chi connectivity index (χ1) is 10.1. The molecule has 1 aromatic carbocycles. The molecule has 3 nitrogen and oxygen atoms in total. The number of carbonyl (C=O) groups excluding carboxylic acids is 1. The standard InChI is InChI=1S/C17H23BrN2O/c1-13-11-14(5-6-16(13)18)17(21)20-10-7-15(12-20)19-8-3-2-4-9-19/h5-6,11,15H,2-4,7-10,12H2,1H3. The van der Waals surface area contributed by atoms with Crippen LogP contribution in [0.2, 0.25) is 0 Å². The van der Waals surface area contributed by atoms with Gasteiger partial charge >= 0.3 is 0 Å². The Bertz CT molecular complexity index is 526. The first kappa shape index (κ1) is 15.0. The summed E-state index contributed by atoms with van der Waals surface area (Å²) >= 11 is 3.49. The summed E-state index contributed by atoms with van der Waals surface area (Å²) in [4.78, 5) is 17.2. The Hall–Kier alpha value is -0.870. The van der Waals surface area contributed by atoms with Gasteiger partial charge in [-0.15, -0.1) is 0 Å². The summed E-state index contributed by atoms with van der Waals surface area (Å²) in [5.41, 5.74) is 1.93. The summed E-state index contributed by atoms with van der Waals surface area (Å²) in [6.07, 6.45) is 5.12. The molecular weight excluding hydrogens is 328 g/mol. The highest BCUT2D eigenvalue weighted by Gasteiger charge is 2.31. The smallest absolute Gasteiger partial charge is 0.253 e. The quantitative estimate of drug-likeness (QED) is 0.815. The Labute approximate surface area is 135 Å². The topological polar surface area (TPSA) is 23.6 Å². The average molecular weight is 351 g/mol. The van der Waals surface area contributed by atoms with Gasteiger partial charge in [0.1, 0.15) is 0 Å². The van der Waals surface area contributed by atoms with E-state index in [0.29, 0.717) is 6.04 Å². The summed E-state index contributed by atoms with van der Waals surface area (Å²) in [5.74, 6) is 0.185. The molecule has 1 unspecified atom stereocenters. The van der Waals surface area contributed by atoms with Crippen molar-refractivity contribution in [3.05, 3.63) is 33.8 Å². The number of carbonyl (C=O) groups is 1. The second-order valence-corrected chi connectivity index (χ2v) is 7.11. The average Bonchev–Trinajstić information content (AvgIpc) is 3.00. The van der Waals surface area contributed by atoms with Crippen LogP contribution in [-0.2, 0) is 0 Å². The van der Waals surface area contributed by atoms with Crippen molar-refractivity contribution in [2.24, 2.45) is 0 Å². The number of aryl methyl sites for hydroxylation is 1. The van der Waals surface area contributed by atoms with Gasteiger partial charge in [0, 0.05) is 29.2 Å². The zero-order valence-corrected chi connectivity index (χ0v) is 14.2. The molecule has 0 bridgehead atoms. The molecule has 1 atom stereocenters. The number of hydrogen-bond donors (Lipinski definition) is 0. The number of halogens is 1. The number of piperidine rings is 1. The zero-order chi connectivity index (χ0) is 14.8. The maximum absolute atomic E-state index is 12.6. The molecule has 3 rings (SSSR count). The van der Waals surface area contributed by atoms with Crippen LogP contribution >= 0.6 is 15.9 Å². The predicted molar refractivity (Wildman–Crippen MR) is 88.6 cm³/mol. The van der Waals surface area contributed by atoms with Crippen LogP contribution in [0.5, 0.6) is 0 Å². The fourth-order valence-corrected chi connectivity index (χ4v) is 3.71. The van der Waals surface area contributed by atoms with Gasteiger partial charge in [-0.1, -0.05) is 22.4 Å². The van der Waals surface area contributed by atoms with Crippen LogP contribution in [0.1, 0.15) is 41.6 Å². The lowest BCUT2D eigenvalue weighted by atomic mass is 10.1. The van der Waals surface area contributed by atoms with Crippen molar-refractivity contribution in [3.8, 4) is 0 Å². The third-order valence-electron chi connectivity index (χ3n) is 4.76. The Kier molecular flexibility index (Phi) is 4.65. The Morgan fingerprint density at radius 2 is 1.95 bits per heavy atom. The van der Waals surface area contributed by atoms with Gasteiger partial charge in [0.2, 0.25) is 0 Å². The molecule has 4 heteroatoms. The summed E-state index contributed by atoms with van der Waals surface area (Å²) in [7, 11) is 0. The van der Waals surface area contributed by atoms with Gasteiger partial charge in [-0.25, -0.2) is 0 Å². The molecule has 0 radical (unpaired) electrons. The summed E-state index contributed by atoms with van der Waals surface area (Å²) < 4.78 is 1.06. The van der Waals surface area contributed by atoms with Crippen molar-refractivity contribution < 1.29 is 4.79 Å². The van der Waals surface area contributed by atoms with Crippen molar-refractivity contribution in [1.82, 2.24) is 9.80 Å². The third-order valence-corrected chi connectivity index (χ3v) is 5.65. The van der Waals surface area contributed by atoms with E-state index < -0.39 is 0 Å². The lowest BCUT2D eigenvalue weighted by Crippen LogP contribution is -2.41. The minimum absolute atomic E-state index is 0.185. The first-order valence-electron chi connectivity index (χ1n) is 7.94. The van der Waals surface area contributed by atoms with Crippen molar-refractivity contribution in [2.75, 3.05) is 26.2 Å². The fourth-order valence-electron chi connectivity index (χ4n) is 3.47. The van der Waals surface area contributed by atoms with E-state index in [-0.39, 0.29) is 5.91 Å². The van der Waals surface area contributed by atoms with E-state index in [9.17, 15) is 4.79 Å². The highest BCUT2D eigenvalue weighted by molar-refractivity contribution is 9.10. The minimum Gasteiger partial charge on any atom is -0.337 e. The normalized spacial score (nSPS) is 23.5. The second kappa shape index (κ2) is 6.49. The first-order valence-corrected chi connectivity index (χ1v) is 8.74. The van der Waals surface area contributed by atoms with Crippen molar-refractivity contribution in [1.29, 1.82) is 0 Å². The van der Waals surface area contributed by atoms with E-state index in [4.69, 9.17) is 0 Å². The number of hydrogen-bond acceptors (Lipinski definition) is 2. The van der Waals surface area contributed by atoms with Crippen molar-refractivity contribution in [2.45, 2.75) is 38.6 Å². The van der Waals surface area contributed by atoms with Gasteiger partial charge in [0.15, 0.2) is 0 Å². The molecule has 0 saturated carbocycles. The number of likely N-dealkylation sites (tertiary alicyclic amines) is 2. The van der Waals surface area contributed by atoms with Crippen LogP contribution in [0.4, 0.5) is 0 Å². The molecule has 2 fully saturated rings. The zero-order valence-electron chi connectivity index (χ0n) is 12.6. The number of rotatable bonds is 2. The molecule has 2 saturated heterocycles. The van der Waals surface area contributed by atoms with Crippen molar-refractivity contribution in [3.63, 3.8) is 0 Å². The molecule has 2 heterocycles. The Morgan fingerprint density at radius 1 is 1.19 bits per heavy atom. The summed E-state index contributed by atoms with van der Waals surface area (Å²) in [6.45, 7) is 6.25. The van der Waals surface area contributed by atoms with Gasteiger partial charge in [-0.3, -0.25) is 9.69 Å². The highest BCUT2D eigenvalue weighted by Crippen LogP contribution is 2.23. The maximum atomic E-state index is 12.6. The molecule has 0 N–H and O–H groups in total. The van der Waals surface area contributed by atoms with E-state index in [1.807, 2.05) is 30.0 Å². The van der Waals surface area contributed by atoms with E-state index >= 15 is 0 Å². The number of nitrogens with zero attached hydrogens (tertiary/aromatic N) is 2. The van der Waals surface area contributed by atoms with Gasteiger partial charge in [0.25, 0.3) is 5.91 Å². The monoisotopic (exact) mass is 350 g/mol. The summed E-state index contributed by atoms with van der Waals surface area (Å²) in [5, 5.41) is 0. The fraction of sp³-hybridized carbons (Fsp3) is 0.588. The summed E-state index contributed by atoms with van der Waals surface area (Å²) in [6, 6.07) is 6.46. The van der Waals surface area contributed by atoms with Crippen molar-refractivity contribution >= 4 is 21.8 Å². The highest BCUT2D eigenvalue weighted by atomic mass is 79.9. The van der Waals surface area contributed by atoms with Crippen LogP contribution in [0.15, 0.2) is 22.7 Å². The van der Waals surface area contributed by atoms with E-state index in [1.165, 1.54) is 32.4 Å². The second-order valence-electron chi connectivity index (χ2n) is 6.25. The van der Waals surface area contributed by atoms with Crippen LogP contribution < -0.4 is 0 Å². The predicted octanol–water partition coefficient (Wildman–Crippen LogP) is 3.46. The van der Waals surface area contributed by atoms with Crippen LogP contribution in [-0.4, -0.2) is 47.9 Å². The van der Waals surface area contributed by atoms with Gasteiger partial charge in [-0.05, 0) is 63.0 Å². The van der Waals surface area contributed by atoms with Gasteiger partial charge < -0.3 is 4.90 Å². The molecule has 2 aliphatic heterocycles.